The van der Waals surface area contributed by atoms with E-state index in [9.17, 15) is 0 Å². The van der Waals surface area contributed by atoms with Gasteiger partial charge in [0, 0.05) is 0 Å². The monoisotopic (exact) mass is 223 g/mol. The first-order valence-electron chi connectivity index (χ1n) is 3.33. The molecule has 0 atom stereocenters. The zero-order valence-electron chi connectivity index (χ0n) is 6.22. The van der Waals surface area contributed by atoms with Gasteiger partial charge < -0.3 is 0 Å². The van der Waals surface area contributed by atoms with Crippen LogP contribution in [0.15, 0.2) is 0 Å². The minimum atomic E-state index is 0. The Bertz CT molecular complexity index is 38.1. The zero-order valence-corrected chi connectivity index (χ0v) is 8.42. The van der Waals surface area contributed by atoms with Crippen LogP contribution in [-0.4, -0.2) is 0 Å². The van der Waals surface area contributed by atoms with Crippen LogP contribution in [0.4, 0.5) is 0 Å². The minimum absolute atomic E-state index is 0. The summed E-state index contributed by atoms with van der Waals surface area (Å²) in [6, 6.07) is 0. The summed E-state index contributed by atoms with van der Waals surface area (Å²) in [4.78, 5) is 0. The summed E-state index contributed by atoms with van der Waals surface area (Å²) in [5.41, 5.74) is 0. The van der Waals surface area contributed by atoms with Crippen molar-refractivity contribution in [1.82, 2.24) is 0 Å². The predicted molar refractivity (Wildman–Crippen MR) is 43.0 cm³/mol. The van der Waals surface area contributed by atoms with Crippen LogP contribution in [0, 0.1) is 64.2 Å². The van der Waals surface area contributed by atoms with E-state index in [4.69, 9.17) is 0 Å². The summed E-state index contributed by atoms with van der Waals surface area (Å²) >= 11 is 0. The molecule has 2 aliphatic rings. The van der Waals surface area contributed by atoms with Crippen molar-refractivity contribution in [2.24, 2.45) is 0 Å². The fraction of sp³-hybridized carbons (Fsp3) is 0. The second kappa shape index (κ2) is 8.83. The van der Waals surface area contributed by atoms with Crippen molar-refractivity contribution in [2.75, 3.05) is 0 Å². The Morgan fingerprint density at radius 3 is 0.455 bits per heavy atom. The molecular weight excluding hydrogens is 213 g/mol. The molecular formula is C10H10Nb+2. The maximum absolute atomic E-state index is 2.00. The molecule has 0 aromatic heterocycles. The second-order valence-electron chi connectivity index (χ2n) is 1.92. The van der Waals surface area contributed by atoms with Crippen LogP contribution in [0.1, 0.15) is 0 Å². The van der Waals surface area contributed by atoms with Gasteiger partial charge >= 0.3 is 22.4 Å². The van der Waals surface area contributed by atoms with Gasteiger partial charge in [-0.15, -0.1) is 0 Å². The van der Waals surface area contributed by atoms with E-state index in [1.807, 2.05) is 64.2 Å². The summed E-state index contributed by atoms with van der Waals surface area (Å²) in [7, 11) is 0. The molecule has 0 spiro atoms. The fourth-order valence-corrected chi connectivity index (χ4v) is 0.642. The fourth-order valence-electron chi connectivity index (χ4n) is 0.642. The number of hydrogen-bond acceptors (Lipinski definition) is 0. The molecule has 53 valence electrons. The molecule has 11 heavy (non-hydrogen) atoms. The SMILES string of the molecule is [CH]1[CH][CH][CH][CH]1.[CH]1[CH][CH][CH][CH]1.[Nb+2]. The summed E-state index contributed by atoms with van der Waals surface area (Å²) in [6.07, 6.45) is 20.0. The Kier molecular flexibility index (Phi) is 9.43. The second-order valence-corrected chi connectivity index (χ2v) is 1.92. The van der Waals surface area contributed by atoms with Crippen LogP contribution in [0.25, 0.3) is 0 Å². The van der Waals surface area contributed by atoms with E-state index in [0.717, 1.165) is 0 Å². The molecule has 11 radical (unpaired) electrons. The molecule has 0 heterocycles. The smallest absolute Gasteiger partial charge is 0.0312 e. The maximum Gasteiger partial charge on any atom is 2.00 e. The number of rotatable bonds is 0. The van der Waals surface area contributed by atoms with Crippen LogP contribution in [0.5, 0.6) is 0 Å². The van der Waals surface area contributed by atoms with E-state index in [-0.39, 0.29) is 22.4 Å². The van der Waals surface area contributed by atoms with Gasteiger partial charge in [-0.3, -0.25) is 0 Å². The predicted octanol–water partition coefficient (Wildman–Crippen LogP) is 2.04. The molecule has 2 saturated carbocycles. The molecule has 1 heteroatoms. The van der Waals surface area contributed by atoms with Gasteiger partial charge in [0.05, 0.1) is 0 Å². The average Bonchev–Trinajstić information content (AvgIpc) is 2.67. The van der Waals surface area contributed by atoms with Gasteiger partial charge in [0.15, 0.2) is 0 Å². The van der Waals surface area contributed by atoms with Crippen LogP contribution in [0.2, 0.25) is 0 Å². The van der Waals surface area contributed by atoms with Gasteiger partial charge in [-0.2, -0.15) is 0 Å². The quantitative estimate of drug-likeness (QED) is 0.551. The van der Waals surface area contributed by atoms with Gasteiger partial charge in [-0.1, -0.05) is 0 Å². The summed E-state index contributed by atoms with van der Waals surface area (Å²) in [6.45, 7) is 0. The third-order valence-electron chi connectivity index (χ3n) is 1.11. The minimum Gasteiger partial charge on any atom is -0.0312 e. The molecule has 0 N–H and O–H groups in total. The summed E-state index contributed by atoms with van der Waals surface area (Å²) < 4.78 is 0. The molecule has 0 nitrogen and oxygen atoms in total. The van der Waals surface area contributed by atoms with Crippen molar-refractivity contribution >= 4 is 0 Å². The van der Waals surface area contributed by atoms with E-state index in [1.165, 1.54) is 0 Å². The summed E-state index contributed by atoms with van der Waals surface area (Å²) in [5, 5.41) is 0. The average molecular weight is 223 g/mol. The van der Waals surface area contributed by atoms with E-state index in [0.29, 0.717) is 0 Å². The van der Waals surface area contributed by atoms with Crippen LogP contribution >= 0.6 is 0 Å². The standard InChI is InChI=1S/2C5H5.Nb/c2*1-2-4-5-3-1;/h2*1-5H;/q;;+2. The Balaban J connectivity index is 0.000000167. The zero-order chi connectivity index (χ0) is 7.07. The van der Waals surface area contributed by atoms with E-state index in [2.05, 4.69) is 0 Å². The summed E-state index contributed by atoms with van der Waals surface area (Å²) in [5.74, 6) is 0. The van der Waals surface area contributed by atoms with Crippen molar-refractivity contribution < 1.29 is 22.4 Å². The molecule has 0 bridgehead atoms. The molecule has 0 aromatic rings. The topological polar surface area (TPSA) is 0 Å². The Morgan fingerprint density at radius 2 is 0.364 bits per heavy atom. The normalized spacial score (nSPS) is 21.8. The number of hydrogen-bond donors (Lipinski definition) is 0. The van der Waals surface area contributed by atoms with Gasteiger partial charge in [0.1, 0.15) is 0 Å². The Morgan fingerprint density at radius 1 is 0.273 bits per heavy atom. The first-order valence-corrected chi connectivity index (χ1v) is 3.33. The van der Waals surface area contributed by atoms with Crippen molar-refractivity contribution in [3.05, 3.63) is 64.2 Å². The molecule has 0 aliphatic heterocycles. The molecule has 0 saturated heterocycles. The van der Waals surface area contributed by atoms with Crippen molar-refractivity contribution in [2.45, 2.75) is 0 Å². The molecule has 2 rings (SSSR count). The first-order chi connectivity index (χ1) is 5.00. The Labute approximate surface area is 86.7 Å². The van der Waals surface area contributed by atoms with Crippen LogP contribution < -0.4 is 0 Å². The van der Waals surface area contributed by atoms with Crippen molar-refractivity contribution in [1.29, 1.82) is 0 Å². The van der Waals surface area contributed by atoms with Crippen molar-refractivity contribution in [3.63, 3.8) is 0 Å². The van der Waals surface area contributed by atoms with Gasteiger partial charge in [0.25, 0.3) is 0 Å². The van der Waals surface area contributed by atoms with E-state index >= 15 is 0 Å². The largest absolute Gasteiger partial charge is 2.00 e. The molecule has 0 aromatic carbocycles. The first kappa shape index (κ1) is 11.7. The van der Waals surface area contributed by atoms with Crippen LogP contribution in [0.3, 0.4) is 0 Å². The van der Waals surface area contributed by atoms with Crippen LogP contribution in [-0.2, 0) is 22.4 Å². The molecule has 0 unspecified atom stereocenters. The molecule has 2 aliphatic carbocycles. The van der Waals surface area contributed by atoms with Crippen molar-refractivity contribution in [3.8, 4) is 0 Å². The Hall–Kier alpha value is 0.740. The van der Waals surface area contributed by atoms with Gasteiger partial charge in [-0.05, 0) is 64.2 Å². The molecule has 2 fully saturated rings. The van der Waals surface area contributed by atoms with Gasteiger partial charge in [0.2, 0.25) is 0 Å². The third-order valence-corrected chi connectivity index (χ3v) is 1.11. The maximum atomic E-state index is 2.00. The van der Waals surface area contributed by atoms with Gasteiger partial charge in [-0.25, -0.2) is 0 Å². The molecule has 0 amide bonds. The van der Waals surface area contributed by atoms with E-state index < -0.39 is 0 Å². The third kappa shape index (κ3) is 7.11. The van der Waals surface area contributed by atoms with E-state index in [1.54, 1.807) is 0 Å².